The second-order valence-electron chi connectivity index (χ2n) is 5.54. The quantitative estimate of drug-likeness (QED) is 0.839. The topological polar surface area (TPSA) is 71.8 Å². The van der Waals surface area contributed by atoms with Crippen molar-refractivity contribution in [3.8, 4) is 5.69 Å². The van der Waals surface area contributed by atoms with Crippen molar-refractivity contribution >= 4 is 18.3 Å². The van der Waals surface area contributed by atoms with Gasteiger partial charge in [-0.3, -0.25) is 4.79 Å². The van der Waals surface area contributed by atoms with Gasteiger partial charge in [-0.15, -0.1) is 17.5 Å². The van der Waals surface area contributed by atoms with Crippen LogP contribution in [-0.2, 0) is 11.2 Å². The van der Waals surface area contributed by atoms with E-state index in [4.69, 9.17) is 0 Å². The zero-order valence-electron chi connectivity index (χ0n) is 14.0. The number of amides is 1. The van der Waals surface area contributed by atoms with Gasteiger partial charge in [-0.2, -0.15) is 0 Å². The summed E-state index contributed by atoms with van der Waals surface area (Å²) in [6.07, 6.45) is 0.244. The van der Waals surface area contributed by atoms with Crippen molar-refractivity contribution in [1.82, 2.24) is 25.6 Å². The van der Waals surface area contributed by atoms with Crippen molar-refractivity contribution in [2.45, 2.75) is 33.2 Å². The predicted octanol–water partition coefficient (Wildman–Crippen LogP) is 1.57. The van der Waals surface area contributed by atoms with E-state index in [9.17, 15) is 4.79 Å². The lowest BCUT2D eigenvalue weighted by Crippen LogP contribution is -2.37. The number of nitrogens with zero attached hydrogens (tertiary/aromatic N) is 3. The number of nitrogens with one attached hydrogen (secondary N) is 2. The van der Waals surface area contributed by atoms with E-state index in [0.717, 1.165) is 11.4 Å². The van der Waals surface area contributed by atoms with Crippen molar-refractivity contribution in [3.63, 3.8) is 0 Å². The summed E-state index contributed by atoms with van der Waals surface area (Å²) in [6.45, 7) is 6.58. The molecular formula is C16H24ClN5O. The Morgan fingerprint density at radius 1 is 1.26 bits per heavy atom. The van der Waals surface area contributed by atoms with Crippen LogP contribution < -0.4 is 10.6 Å². The Labute approximate surface area is 143 Å². The number of rotatable bonds is 6. The number of hydrogen-bond donors (Lipinski definition) is 2. The van der Waals surface area contributed by atoms with E-state index >= 15 is 0 Å². The Bertz CT molecular complexity index is 638. The van der Waals surface area contributed by atoms with Crippen molar-refractivity contribution in [2.75, 3.05) is 13.6 Å². The van der Waals surface area contributed by atoms with Crippen LogP contribution in [-0.4, -0.2) is 40.5 Å². The largest absolute Gasteiger partial charge is 0.354 e. The first-order valence-electron chi connectivity index (χ1n) is 7.43. The third kappa shape index (κ3) is 5.04. The van der Waals surface area contributed by atoms with Crippen LogP contribution in [0.3, 0.4) is 0 Å². The molecule has 1 aromatic carbocycles. The van der Waals surface area contributed by atoms with E-state index in [1.54, 1.807) is 4.68 Å². The summed E-state index contributed by atoms with van der Waals surface area (Å²) >= 11 is 0. The molecule has 0 bridgehead atoms. The van der Waals surface area contributed by atoms with Crippen LogP contribution in [0.25, 0.3) is 5.69 Å². The smallest absolute Gasteiger partial charge is 0.226 e. The fourth-order valence-electron chi connectivity index (χ4n) is 2.04. The highest BCUT2D eigenvalue weighted by Crippen LogP contribution is 2.13. The Morgan fingerprint density at radius 2 is 1.91 bits per heavy atom. The molecule has 7 heteroatoms. The summed E-state index contributed by atoms with van der Waals surface area (Å²) < 4.78 is 1.76. The highest BCUT2D eigenvalue weighted by atomic mass is 35.5. The third-order valence-electron chi connectivity index (χ3n) is 3.69. The molecule has 0 spiro atoms. The summed E-state index contributed by atoms with van der Waals surface area (Å²) in [7, 11) is 1.87. The summed E-state index contributed by atoms with van der Waals surface area (Å²) in [6, 6.07) is 8.29. The average molecular weight is 338 g/mol. The Balaban J connectivity index is 0.00000264. The molecule has 0 aliphatic carbocycles. The number of aryl methyl sites for hydroxylation is 1. The first-order valence-corrected chi connectivity index (χ1v) is 7.43. The van der Waals surface area contributed by atoms with Crippen LogP contribution in [0.15, 0.2) is 24.3 Å². The molecule has 2 rings (SSSR count). The van der Waals surface area contributed by atoms with Crippen LogP contribution in [0.1, 0.15) is 23.9 Å². The number of aromatic nitrogens is 3. The molecule has 0 saturated heterocycles. The maximum atomic E-state index is 12.0. The molecule has 2 aromatic rings. The molecule has 1 heterocycles. The van der Waals surface area contributed by atoms with Gasteiger partial charge in [0, 0.05) is 12.6 Å². The van der Waals surface area contributed by atoms with Gasteiger partial charge < -0.3 is 10.6 Å². The van der Waals surface area contributed by atoms with Crippen molar-refractivity contribution < 1.29 is 4.79 Å². The molecule has 0 aliphatic rings. The number of carbonyl (C=O) groups is 1. The summed E-state index contributed by atoms with van der Waals surface area (Å²) in [5.74, 6) is -0.0406. The number of carbonyl (C=O) groups excluding carboxylic acids is 1. The van der Waals surface area contributed by atoms with Gasteiger partial charge in [0.2, 0.25) is 5.91 Å². The Hall–Kier alpha value is -1.92. The van der Waals surface area contributed by atoms with Gasteiger partial charge in [-0.1, -0.05) is 22.9 Å². The van der Waals surface area contributed by atoms with Gasteiger partial charge in [0.15, 0.2) is 0 Å². The molecule has 1 atom stereocenters. The Kier molecular flexibility index (Phi) is 7.19. The van der Waals surface area contributed by atoms with E-state index < -0.39 is 0 Å². The van der Waals surface area contributed by atoms with Gasteiger partial charge in [-0.05, 0) is 40.0 Å². The van der Waals surface area contributed by atoms with Gasteiger partial charge in [0.05, 0.1) is 23.5 Å². The van der Waals surface area contributed by atoms with Crippen LogP contribution in [0.2, 0.25) is 0 Å². The molecular weight excluding hydrogens is 314 g/mol. The molecule has 0 aliphatic heterocycles. The molecule has 1 aromatic heterocycles. The molecule has 0 radical (unpaired) electrons. The van der Waals surface area contributed by atoms with E-state index in [1.807, 2.05) is 52.1 Å². The van der Waals surface area contributed by atoms with Crippen molar-refractivity contribution in [1.29, 1.82) is 0 Å². The SMILES string of the molecule is CNC(C)CNC(=O)Cc1nnn(-c2ccc(C)cc2)c1C.Cl. The van der Waals surface area contributed by atoms with Gasteiger partial charge >= 0.3 is 0 Å². The lowest BCUT2D eigenvalue weighted by atomic mass is 10.2. The summed E-state index contributed by atoms with van der Waals surface area (Å²) in [5.41, 5.74) is 3.74. The van der Waals surface area contributed by atoms with Crippen LogP contribution in [0, 0.1) is 13.8 Å². The highest BCUT2D eigenvalue weighted by Gasteiger charge is 2.14. The first kappa shape index (κ1) is 19.1. The van der Waals surface area contributed by atoms with Crippen LogP contribution in [0.4, 0.5) is 0 Å². The van der Waals surface area contributed by atoms with Crippen LogP contribution >= 0.6 is 12.4 Å². The molecule has 1 unspecified atom stereocenters. The van der Waals surface area contributed by atoms with E-state index in [2.05, 4.69) is 20.9 Å². The normalized spacial score (nSPS) is 11.7. The van der Waals surface area contributed by atoms with Crippen molar-refractivity contribution in [2.24, 2.45) is 0 Å². The number of halogens is 1. The minimum absolute atomic E-state index is 0. The first-order chi connectivity index (χ1) is 10.5. The fourth-order valence-corrected chi connectivity index (χ4v) is 2.04. The Morgan fingerprint density at radius 3 is 2.52 bits per heavy atom. The monoisotopic (exact) mass is 337 g/mol. The lowest BCUT2D eigenvalue weighted by molar-refractivity contribution is -0.120. The molecule has 1 amide bonds. The molecule has 2 N–H and O–H groups in total. The highest BCUT2D eigenvalue weighted by molar-refractivity contribution is 5.85. The van der Waals surface area contributed by atoms with E-state index in [-0.39, 0.29) is 30.8 Å². The summed E-state index contributed by atoms with van der Waals surface area (Å²) in [5, 5.41) is 14.3. The van der Waals surface area contributed by atoms with E-state index in [0.29, 0.717) is 12.2 Å². The lowest BCUT2D eigenvalue weighted by Gasteiger charge is -2.10. The maximum Gasteiger partial charge on any atom is 0.226 e. The molecule has 0 saturated carbocycles. The maximum absolute atomic E-state index is 12.0. The van der Waals surface area contributed by atoms with Crippen LogP contribution in [0.5, 0.6) is 0 Å². The fraction of sp³-hybridized carbons (Fsp3) is 0.438. The zero-order chi connectivity index (χ0) is 16.1. The minimum Gasteiger partial charge on any atom is -0.354 e. The number of hydrogen-bond acceptors (Lipinski definition) is 4. The molecule has 0 fully saturated rings. The second kappa shape index (κ2) is 8.64. The van der Waals surface area contributed by atoms with Crippen molar-refractivity contribution in [3.05, 3.63) is 41.2 Å². The number of benzene rings is 1. The van der Waals surface area contributed by atoms with Gasteiger partial charge in [-0.25, -0.2) is 4.68 Å². The zero-order valence-corrected chi connectivity index (χ0v) is 14.8. The number of likely N-dealkylation sites (N-methyl/N-ethyl adjacent to an activating group) is 1. The predicted molar refractivity (Wildman–Crippen MR) is 93.3 cm³/mol. The van der Waals surface area contributed by atoms with E-state index in [1.165, 1.54) is 5.56 Å². The third-order valence-corrected chi connectivity index (χ3v) is 3.69. The summed E-state index contributed by atoms with van der Waals surface area (Å²) in [4.78, 5) is 12.0. The second-order valence-corrected chi connectivity index (χ2v) is 5.54. The molecule has 6 nitrogen and oxygen atoms in total. The molecule has 126 valence electrons. The standard InChI is InChI=1S/C16H23N5O.ClH/c1-11-5-7-14(8-6-11)21-13(3)15(19-20-21)9-16(22)18-10-12(2)17-4;/h5-8,12,17H,9-10H2,1-4H3,(H,18,22);1H. The average Bonchev–Trinajstić information content (AvgIpc) is 2.87. The molecule has 23 heavy (non-hydrogen) atoms. The minimum atomic E-state index is -0.0406. The van der Waals surface area contributed by atoms with Gasteiger partial charge in [0.1, 0.15) is 0 Å². The van der Waals surface area contributed by atoms with Gasteiger partial charge in [0.25, 0.3) is 0 Å².